The largest absolute Gasteiger partial charge is 0.354 e. The summed E-state index contributed by atoms with van der Waals surface area (Å²) >= 11 is 12.5. The SMILES string of the molecule is CCCCNC(=O)[C@@H](Cc1ccccc1)N(Cc1ccc(Cl)c(Cl)c1)C(=O)CN(c1cccc(C)c1)S(=O)(=O)c1ccccc1. The maximum absolute atomic E-state index is 14.5. The van der Waals surface area contributed by atoms with E-state index in [1.54, 1.807) is 54.6 Å². The van der Waals surface area contributed by atoms with Crippen LogP contribution in [0.1, 0.15) is 36.5 Å². The van der Waals surface area contributed by atoms with E-state index in [0.717, 1.165) is 28.3 Å². The molecule has 0 heterocycles. The Kier molecular flexibility index (Phi) is 12.0. The van der Waals surface area contributed by atoms with Crippen LogP contribution >= 0.6 is 23.2 Å². The van der Waals surface area contributed by atoms with Gasteiger partial charge in [0.25, 0.3) is 10.0 Å². The second-order valence-electron chi connectivity index (χ2n) is 10.8. The average Bonchev–Trinajstić information content (AvgIpc) is 3.04. The fourth-order valence-electron chi connectivity index (χ4n) is 4.93. The number of rotatable bonds is 14. The molecule has 0 aliphatic heterocycles. The Bertz CT molecular complexity index is 1700. The molecule has 2 amide bonds. The third-order valence-corrected chi connectivity index (χ3v) is 9.86. The number of hydrogen-bond acceptors (Lipinski definition) is 4. The highest BCUT2D eigenvalue weighted by atomic mass is 35.5. The number of unbranched alkanes of at least 4 members (excludes halogenated alkanes) is 1. The first-order valence-corrected chi connectivity index (χ1v) is 17.0. The van der Waals surface area contributed by atoms with Crippen LogP contribution in [0.15, 0.2) is 108 Å². The Morgan fingerprint density at radius 1 is 0.822 bits per heavy atom. The number of halogens is 2. The molecule has 0 radical (unpaired) electrons. The standard InChI is InChI=1S/C35H37Cl2N3O4S/c1-3-4-20-38-35(42)33(23-27-13-7-5-8-14-27)39(24-28-18-19-31(36)32(37)22-28)34(41)25-40(29-15-11-12-26(2)21-29)45(43,44)30-16-9-6-10-17-30/h5-19,21-22,33H,3-4,20,23-25H2,1-2H3,(H,38,42)/t33-/m1/s1. The Labute approximate surface area is 275 Å². The van der Waals surface area contributed by atoms with Crippen LogP contribution in [-0.2, 0) is 32.6 Å². The van der Waals surface area contributed by atoms with Gasteiger partial charge in [-0.2, -0.15) is 0 Å². The van der Waals surface area contributed by atoms with Crippen LogP contribution in [0.3, 0.4) is 0 Å². The Morgan fingerprint density at radius 2 is 1.51 bits per heavy atom. The minimum atomic E-state index is -4.16. The molecule has 0 aromatic heterocycles. The van der Waals surface area contributed by atoms with Gasteiger partial charge in [0, 0.05) is 19.5 Å². The van der Waals surface area contributed by atoms with Gasteiger partial charge in [0.1, 0.15) is 12.6 Å². The van der Waals surface area contributed by atoms with Crippen molar-refractivity contribution in [1.82, 2.24) is 10.2 Å². The van der Waals surface area contributed by atoms with Crippen molar-refractivity contribution in [2.75, 3.05) is 17.4 Å². The third kappa shape index (κ3) is 9.10. The number of sulfonamides is 1. The molecule has 1 N–H and O–H groups in total. The molecule has 0 saturated heterocycles. The predicted octanol–water partition coefficient (Wildman–Crippen LogP) is 7.05. The maximum Gasteiger partial charge on any atom is 0.264 e. The molecule has 0 saturated carbocycles. The molecule has 0 aliphatic carbocycles. The number of hydrogen-bond donors (Lipinski definition) is 1. The van der Waals surface area contributed by atoms with Crippen LogP contribution in [0, 0.1) is 6.92 Å². The van der Waals surface area contributed by atoms with Gasteiger partial charge < -0.3 is 10.2 Å². The van der Waals surface area contributed by atoms with Gasteiger partial charge in [-0.25, -0.2) is 8.42 Å². The molecule has 7 nitrogen and oxygen atoms in total. The molecule has 1 atom stereocenters. The summed E-state index contributed by atoms with van der Waals surface area (Å²) in [7, 11) is -4.16. The van der Waals surface area contributed by atoms with Crippen molar-refractivity contribution in [2.24, 2.45) is 0 Å². The summed E-state index contributed by atoms with van der Waals surface area (Å²) in [5.41, 5.74) is 2.67. The molecule has 0 bridgehead atoms. The van der Waals surface area contributed by atoms with E-state index >= 15 is 0 Å². The van der Waals surface area contributed by atoms with Crippen LogP contribution in [0.2, 0.25) is 10.0 Å². The monoisotopic (exact) mass is 665 g/mol. The van der Waals surface area contributed by atoms with E-state index in [4.69, 9.17) is 23.2 Å². The number of nitrogens with zero attached hydrogens (tertiary/aromatic N) is 2. The van der Waals surface area contributed by atoms with Crippen molar-refractivity contribution < 1.29 is 18.0 Å². The first-order chi connectivity index (χ1) is 21.6. The highest BCUT2D eigenvalue weighted by Gasteiger charge is 2.34. The lowest BCUT2D eigenvalue weighted by molar-refractivity contribution is -0.140. The van der Waals surface area contributed by atoms with Crippen LogP contribution in [0.25, 0.3) is 0 Å². The zero-order chi connectivity index (χ0) is 32.4. The normalized spacial score (nSPS) is 11.9. The zero-order valence-corrected chi connectivity index (χ0v) is 27.7. The van der Waals surface area contributed by atoms with E-state index in [1.807, 2.05) is 50.2 Å². The molecule has 0 unspecified atom stereocenters. The lowest BCUT2D eigenvalue weighted by atomic mass is 10.0. The average molecular weight is 667 g/mol. The summed E-state index contributed by atoms with van der Waals surface area (Å²) < 4.78 is 29.2. The van der Waals surface area contributed by atoms with Crippen molar-refractivity contribution in [3.63, 3.8) is 0 Å². The topological polar surface area (TPSA) is 86.8 Å². The summed E-state index contributed by atoms with van der Waals surface area (Å²) in [6.07, 6.45) is 1.89. The maximum atomic E-state index is 14.5. The van der Waals surface area contributed by atoms with Crippen LogP contribution < -0.4 is 9.62 Å². The predicted molar refractivity (Wildman–Crippen MR) is 181 cm³/mol. The van der Waals surface area contributed by atoms with Gasteiger partial charge in [-0.05, 0) is 66.4 Å². The Balaban J connectivity index is 1.80. The van der Waals surface area contributed by atoms with Crippen molar-refractivity contribution in [3.05, 3.63) is 130 Å². The number of aryl methyl sites for hydroxylation is 1. The second kappa shape index (κ2) is 15.9. The van der Waals surface area contributed by atoms with Crippen LogP contribution in [0.4, 0.5) is 5.69 Å². The van der Waals surface area contributed by atoms with Crippen molar-refractivity contribution in [2.45, 2.75) is 50.6 Å². The lowest BCUT2D eigenvalue weighted by Gasteiger charge is -2.34. The van der Waals surface area contributed by atoms with E-state index in [0.29, 0.717) is 27.8 Å². The highest BCUT2D eigenvalue weighted by molar-refractivity contribution is 7.92. The van der Waals surface area contributed by atoms with Gasteiger partial charge in [-0.3, -0.25) is 13.9 Å². The summed E-state index contributed by atoms with van der Waals surface area (Å²) in [6.45, 7) is 3.80. The summed E-state index contributed by atoms with van der Waals surface area (Å²) in [6, 6.07) is 28.5. The smallest absolute Gasteiger partial charge is 0.264 e. The first-order valence-electron chi connectivity index (χ1n) is 14.8. The summed E-state index contributed by atoms with van der Waals surface area (Å²) in [4.78, 5) is 29.8. The molecule has 4 rings (SSSR count). The summed E-state index contributed by atoms with van der Waals surface area (Å²) in [5, 5.41) is 3.65. The molecule has 4 aromatic carbocycles. The molecular weight excluding hydrogens is 629 g/mol. The van der Waals surface area contributed by atoms with Crippen molar-refractivity contribution in [1.29, 1.82) is 0 Å². The van der Waals surface area contributed by atoms with E-state index in [9.17, 15) is 18.0 Å². The number of nitrogens with one attached hydrogen (secondary N) is 1. The fraction of sp³-hybridized carbons (Fsp3) is 0.257. The fourth-order valence-corrected chi connectivity index (χ4v) is 6.67. The molecule has 4 aromatic rings. The minimum Gasteiger partial charge on any atom is -0.354 e. The van der Waals surface area contributed by atoms with Gasteiger partial charge in [0.15, 0.2) is 0 Å². The van der Waals surface area contributed by atoms with Gasteiger partial charge >= 0.3 is 0 Å². The second-order valence-corrected chi connectivity index (χ2v) is 13.5. The van der Waals surface area contributed by atoms with E-state index < -0.39 is 28.5 Å². The van der Waals surface area contributed by atoms with E-state index in [1.165, 1.54) is 17.0 Å². The quantitative estimate of drug-likeness (QED) is 0.146. The van der Waals surface area contributed by atoms with Crippen molar-refractivity contribution in [3.8, 4) is 0 Å². The summed E-state index contributed by atoms with van der Waals surface area (Å²) in [5.74, 6) is -0.873. The first kappa shape index (κ1) is 34.0. The van der Waals surface area contributed by atoms with Gasteiger partial charge in [0.05, 0.1) is 20.6 Å². The number of benzene rings is 4. The van der Waals surface area contributed by atoms with Crippen molar-refractivity contribution >= 4 is 50.7 Å². The van der Waals surface area contributed by atoms with E-state index in [2.05, 4.69) is 5.32 Å². The molecule has 0 aliphatic rings. The lowest BCUT2D eigenvalue weighted by Crippen LogP contribution is -2.53. The number of carbonyl (C=O) groups excluding carboxylic acids is 2. The number of carbonyl (C=O) groups is 2. The molecular formula is C35H37Cl2N3O4S. The van der Waals surface area contributed by atoms with E-state index in [-0.39, 0.29) is 23.8 Å². The Hall–Kier alpha value is -3.85. The molecule has 0 spiro atoms. The van der Waals surface area contributed by atoms with Crippen LogP contribution in [-0.4, -0.2) is 44.3 Å². The number of amides is 2. The molecule has 10 heteroatoms. The number of anilines is 1. The molecule has 45 heavy (non-hydrogen) atoms. The van der Waals surface area contributed by atoms with Crippen LogP contribution in [0.5, 0.6) is 0 Å². The zero-order valence-electron chi connectivity index (χ0n) is 25.3. The van der Waals surface area contributed by atoms with Gasteiger partial charge in [-0.1, -0.05) is 103 Å². The van der Waals surface area contributed by atoms with Gasteiger partial charge in [0.2, 0.25) is 11.8 Å². The molecule has 0 fully saturated rings. The highest BCUT2D eigenvalue weighted by Crippen LogP contribution is 2.27. The third-order valence-electron chi connectivity index (χ3n) is 7.34. The minimum absolute atomic E-state index is 0.00145. The molecule has 236 valence electrons. The van der Waals surface area contributed by atoms with Gasteiger partial charge in [-0.15, -0.1) is 0 Å². The Morgan fingerprint density at radius 3 is 2.16 bits per heavy atom.